The second-order valence-electron chi connectivity index (χ2n) is 2.45. The van der Waals surface area contributed by atoms with Crippen molar-refractivity contribution in [1.29, 1.82) is 0 Å². The highest BCUT2D eigenvalue weighted by Crippen LogP contribution is 1.98. The molecule has 0 saturated heterocycles. The van der Waals surface area contributed by atoms with Gasteiger partial charge in [-0.25, -0.2) is 0 Å². The van der Waals surface area contributed by atoms with Gasteiger partial charge < -0.3 is 10.2 Å². The maximum atomic E-state index is 8.56. The van der Waals surface area contributed by atoms with Crippen molar-refractivity contribution in [2.45, 2.75) is 19.3 Å². The first-order chi connectivity index (χ1) is 5.31. The van der Waals surface area contributed by atoms with Crippen molar-refractivity contribution in [3.63, 3.8) is 0 Å². The van der Waals surface area contributed by atoms with Crippen molar-refractivity contribution in [1.82, 2.24) is 0 Å². The lowest BCUT2D eigenvalue weighted by Gasteiger charge is -1.93. The Morgan fingerprint density at radius 1 is 1.27 bits per heavy atom. The van der Waals surface area contributed by atoms with Crippen LogP contribution in [0.3, 0.4) is 0 Å². The van der Waals surface area contributed by atoms with Crippen LogP contribution in [-0.2, 0) is 0 Å². The van der Waals surface area contributed by atoms with Crippen LogP contribution in [0.1, 0.15) is 19.3 Å². The first kappa shape index (κ1) is 10.4. The molecule has 0 aromatic heterocycles. The predicted octanol–water partition coefficient (Wildman–Crippen LogP) is 1.25. The van der Waals surface area contributed by atoms with Crippen LogP contribution in [0.2, 0.25) is 0 Å². The van der Waals surface area contributed by atoms with E-state index in [-0.39, 0.29) is 13.2 Å². The highest BCUT2D eigenvalue weighted by atomic mass is 16.3. The quantitative estimate of drug-likeness (QED) is 0.449. The van der Waals surface area contributed by atoms with Crippen LogP contribution in [0.4, 0.5) is 0 Å². The SMILES string of the molecule is C=C(CO)CC=CCCCO. The van der Waals surface area contributed by atoms with Gasteiger partial charge in [-0.1, -0.05) is 18.7 Å². The summed E-state index contributed by atoms with van der Waals surface area (Å²) in [5, 5.41) is 17.0. The summed E-state index contributed by atoms with van der Waals surface area (Å²) in [6, 6.07) is 0. The number of rotatable bonds is 6. The number of aliphatic hydroxyl groups is 2. The summed E-state index contributed by atoms with van der Waals surface area (Å²) < 4.78 is 0. The van der Waals surface area contributed by atoms with Crippen LogP contribution in [0.15, 0.2) is 24.3 Å². The van der Waals surface area contributed by atoms with E-state index in [1.807, 2.05) is 12.2 Å². The molecular weight excluding hydrogens is 140 g/mol. The molecule has 0 aromatic rings. The lowest BCUT2D eigenvalue weighted by atomic mass is 10.2. The Kier molecular flexibility index (Phi) is 7.10. The summed E-state index contributed by atoms with van der Waals surface area (Å²) in [5.74, 6) is 0. The van der Waals surface area contributed by atoms with Crippen molar-refractivity contribution in [3.8, 4) is 0 Å². The van der Waals surface area contributed by atoms with E-state index in [4.69, 9.17) is 10.2 Å². The van der Waals surface area contributed by atoms with E-state index in [0.717, 1.165) is 24.8 Å². The summed E-state index contributed by atoms with van der Waals surface area (Å²) in [5.41, 5.74) is 0.824. The van der Waals surface area contributed by atoms with Crippen LogP contribution in [0.25, 0.3) is 0 Å². The Labute approximate surface area is 67.9 Å². The number of allylic oxidation sites excluding steroid dienone is 2. The topological polar surface area (TPSA) is 40.5 Å². The van der Waals surface area contributed by atoms with Gasteiger partial charge in [-0.15, -0.1) is 0 Å². The van der Waals surface area contributed by atoms with E-state index in [0.29, 0.717) is 0 Å². The summed E-state index contributed by atoms with van der Waals surface area (Å²) in [6.07, 6.45) is 6.41. The molecule has 0 aliphatic heterocycles. The Bertz CT molecular complexity index is 128. The molecule has 0 rings (SSSR count). The van der Waals surface area contributed by atoms with Crippen LogP contribution in [-0.4, -0.2) is 23.4 Å². The van der Waals surface area contributed by atoms with E-state index < -0.39 is 0 Å². The molecule has 0 saturated carbocycles. The fourth-order valence-electron chi connectivity index (χ4n) is 0.642. The highest BCUT2D eigenvalue weighted by molar-refractivity contribution is 5.01. The molecule has 0 unspecified atom stereocenters. The molecule has 0 bridgehead atoms. The molecule has 0 fully saturated rings. The largest absolute Gasteiger partial charge is 0.396 e. The molecule has 2 nitrogen and oxygen atoms in total. The van der Waals surface area contributed by atoms with Crippen molar-refractivity contribution >= 4 is 0 Å². The number of aliphatic hydroxyl groups excluding tert-OH is 2. The third kappa shape index (κ3) is 7.30. The van der Waals surface area contributed by atoms with Gasteiger partial charge in [0.25, 0.3) is 0 Å². The monoisotopic (exact) mass is 156 g/mol. The average molecular weight is 156 g/mol. The maximum absolute atomic E-state index is 8.56. The van der Waals surface area contributed by atoms with Crippen molar-refractivity contribution < 1.29 is 10.2 Å². The molecule has 11 heavy (non-hydrogen) atoms. The number of unbranched alkanes of at least 4 members (excludes halogenated alkanes) is 1. The van der Waals surface area contributed by atoms with E-state index in [1.54, 1.807) is 0 Å². The molecule has 0 aromatic carbocycles. The molecule has 0 heterocycles. The summed E-state index contributed by atoms with van der Waals surface area (Å²) in [7, 11) is 0. The molecule has 0 radical (unpaired) electrons. The zero-order valence-corrected chi connectivity index (χ0v) is 6.79. The standard InChI is InChI=1S/C9H16O2/c1-9(8-11)6-4-2-3-5-7-10/h2,4,10-11H,1,3,5-8H2. The van der Waals surface area contributed by atoms with Crippen molar-refractivity contribution in [2.75, 3.05) is 13.2 Å². The van der Waals surface area contributed by atoms with Gasteiger partial charge in [-0.05, 0) is 24.8 Å². The van der Waals surface area contributed by atoms with Crippen LogP contribution in [0, 0.1) is 0 Å². The minimum absolute atomic E-state index is 0.0599. The van der Waals surface area contributed by atoms with E-state index >= 15 is 0 Å². The smallest absolute Gasteiger partial charge is 0.0642 e. The summed E-state index contributed by atoms with van der Waals surface area (Å²) in [4.78, 5) is 0. The lowest BCUT2D eigenvalue weighted by molar-refractivity contribution is 0.289. The van der Waals surface area contributed by atoms with Crippen LogP contribution < -0.4 is 0 Å². The minimum atomic E-state index is 0.0599. The second-order valence-corrected chi connectivity index (χ2v) is 2.45. The fraction of sp³-hybridized carbons (Fsp3) is 0.556. The zero-order chi connectivity index (χ0) is 8.53. The Hall–Kier alpha value is -0.600. The van der Waals surface area contributed by atoms with Gasteiger partial charge in [0.1, 0.15) is 0 Å². The molecule has 0 atom stereocenters. The normalized spacial score (nSPS) is 10.7. The Balaban J connectivity index is 3.22. The predicted molar refractivity (Wildman–Crippen MR) is 46.3 cm³/mol. The number of hydrogen-bond acceptors (Lipinski definition) is 2. The molecule has 64 valence electrons. The van der Waals surface area contributed by atoms with Crippen LogP contribution >= 0.6 is 0 Å². The van der Waals surface area contributed by atoms with Gasteiger partial charge in [0.2, 0.25) is 0 Å². The molecule has 0 aliphatic rings. The van der Waals surface area contributed by atoms with Crippen molar-refractivity contribution in [3.05, 3.63) is 24.3 Å². The Morgan fingerprint density at radius 2 is 2.00 bits per heavy atom. The van der Waals surface area contributed by atoms with Gasteiger partial charge in [0, 0.05) is 6.61 Å². The fourth-order valence-corrected chi connectivity index (χ4v) is 0.642. The molecule has 2 heteroatoms. The van der Waals surface area contributed by atoms with Gasteiger partial charge in [0.05, 0.1) is 6.61 Å². The molecule has 0 spiro atoms. The Morgan fingerprint density at radius 3 is 2.55 bits per heavy atom. The first-order valence-electron chi connectivity index (χ1n) is 3.84. The minimum Gasteiger partial charge on any atom is -0.396 e. The first-order valence-corrected chi connectivity index (χ1v) is 3.84. The van der Waals surface area contributed by atoms with E-state index in [1.165, 1.54) is 0 Å². The van der Waals surface area contributed by atoms with Gasteiger partial charge in [-0.3, -0.25) is 0 Å². The van der Waals surface area contributed by atoms with Gasteiger partial charge >= 0.3 is 0 Å². The summed E-state index contributed by atoms with van der Waals surface area (Å²) in [6.45, 7) is 3.94. The third-order valence-corrected chi connectivity index (χ3v) is 1.33. The number of hydrogen-bond donors (Lipinski definition) is 2. The molecule has 2 N–H and O–H groups in total. The van der Waals surface area contributed by atoms with Gasteiger partial charge in [0.15, 0.2) is 0 Å². The zero-order valence-electron chi connectivity index (χ0n) is 6.79. The van der Waals surface area contributed by atoms with E-state index in [9.17, 15) is 0 Å². The average Bonchev–Trinajstić information content (AvgIpc) is 2.04. The second kappa shape index (κ2) is 7.51. The molecule has 0 aliphatic carbocycles. The van der Waals surface area contributed by atoms with Crippen molar-refractivity contribution in [2.24, 2.45) is 0 Å². The molecular formula is C9H16O2. The highest BCUT2D eigenvalue weighted by Gasteiger charge is 1.85. The summed E-state index contributed by atoms with van der Waals surface area (Å²) >= 11 is 0. The third-order valence-electron chi connectivity index (χ3n) is 1.33. The van der Waals surface area contributed by atoms with Gasteiger partial charge in [-0.2, -0.15) is 0 Å². The lowest BCUT2D eigenvalue weighted by Crippen LogP contribution is -1.85. The molecule has 0 amide bonds. The van der Waals surface area contributed by atoms with E-state index in [2.05, 4.69) is 6.58 Å². The maximum Gasteiger partial charge on any atom is 0.0642 e. The van der Waals surface area contributed by atoms with Crippen LogP contribution in [0.5, 0.6) is 0 Å².